The van der Waals surface area contributed by atoms with Crippen LogP contribution in [0, 0.1) is 0 Å². The van der Waals surface area contributed by atoms with E-state index in [1.807, 2.05) is 11.3 Å². The van der Waals surface area contributed by atoms with Crippen molar-refractivity contribution in [2.45, 2.75) is 5.41 Å². The van der Waals surface area contributed by atoms with Crippen LogP contribution in [0.4, 0.5) is 0 Å². The van der Waals surface area contributed by atoms with E-state index in [4.69, 9.17) is 0 Å². The lowest BCUT2D eigenvalue weighted by molar-refractivity contribution is 0.777. The van der Waals surface area contributed by atoms with Crippen molar-refractivity contribution in [1.82, 2.24) is 0 Å². The van der Waals surface area contributed by atoms with Gasteiger partial charge in [0.25, 0.3) is 0 Å². The molecule has 0 spiro atoms. The lowest BCUT2D eigenvalue weighted by Crippen LogP contribution is -2.28. The molecule has 0 fully saturated rings. The van der Waals surface area contributed by atoms with Gasteiger partial charge in [0.05, 0.1) is 5.41 Å². The Kier molecular flexibility index (Phi) is 7.05. The Morgan fingerprint density at radius 3 is 1.33 bits per heavy atom. The zero-order chi connectivity index (χ0) is 35.6. The van der Waals surface area contributed by atoms with Crippen LogP contribution in [0.3, 0.4) is 0 Å². The van der Waals surface area contributed by atoms with Gasteiger partial charge in [-0.05, 0) is 100 Å². The molecule has 252 valence electrons. The van der Waals surface area contributed by atoms with Crippen LogP contribution >= 0.6 is 11.3 Å². The Morgan fingerprint density at radius 2 is 0.759 bits per heavy atom. The number of benzene rings is 9. The highest BCUT2D eigenvalue weighted by atomic mass is 32.1. The Hall–Kier alpha value is -6.54. The molecule has 1 aromatic heterocycles. The van der Waals surface area contributed by atoms with Crippen LogP contribution in [0.5, 0.6) is 0 Å². The normalized spacial score (nSPS) is 13.0. The third-order valence-corrected chi connectivity index (χ3v) is 12.8. The van der Waals surface area contributed by atoms with E-state index in [1.54, 1.807) is 0 Å². The Balaban J connectivity index is 1.20. The summed E-state index contributed by atoms with van der Waals surface area (Å²) in [6.45, 7) is 0. The highest BCUT2D eigenvalue weighted by molar-refractivity contribution is 7.22. The third kappa shape index (κ3) is 4.49. The third-order valence-electron chi connectivity index (χ3n) is 11.6. The Bertz CT molecular complexity index is 2910. The van der Waals surface area contributed by atoms with Crippen LogP contribution in [0.2, 0.25) is 0 Å². The van der Waals surface area contributed by atoms with Gasteiger partial charge in [-0.15, -0.1) is 11.3 Å². The van der Waals surface area contributed by atoms with Crippen LogP contribution in [0.1, 0.15) is 22.3 Å². The van der Waals surface area contributed by atoms with E-state index in [-0.39, 0.29) is 0 Å². The number of fused-ring (bicyclic) bond motifs is 7. The number of hydrogen-bond acceptors (Lipinski definition) is 1. The van der Waals surface area contributed by atoms with Crippen molar-refractivity contribution < 1.29 is 0 Å². The van der Waals surface area contributed by atoms with Crippen LogP contribution in [-0.2, 0) is 5.41 Å². The first-order chi connectivity index (χ1) is 26.8. The molecule has 1 heterocycles. The van der Waals surface area contributed by atoms with Crippen molar-refractivity contribution in [1.29, 1.82) is 0 Å². The fourth-order valence-electron chi connectivity index (χ4n) is 9.30. The van der Waals surface area contributed by atoms with Crippen LogP contribution < -0.4 is 0 Å². The van der Waals surface area contributed by atoms with Crippen molar-refractivity contribution in [3.05, 3.63) is 229 Å². The summed E-state index contributed by atoms with van der Waals surface area (Å²) in [5.74, 6) is 0. The molecule has 1 heteroatoms. The van der Waals surface area contributed by atoms with Crippen molar-refractivity contribution in [3.8, 4) is 43.8 Å². The summed E-state index contributed by atoms with van der Waals surface area (Å²) in [6, 6.07) is 76.4. The van der Waals surface area contributed by atoms with E-state index >= 15 is 0 Å². The topological polar surface area (TPSA) is 0 Å². The summed E-state index contributed by atoms with van der Waals surface area (Å²) in [4.78, 5) is 1.37. The molecule has 0 saturated carbocycles. The van der Waals surface area contributed by atoms with E-state index < -0.39 is 5.41 Å². The van der Waals surface area contributed by atoms with Gasteiger partial charge in [-0.3, -0.25) is 0 Å². The average Bonchev–Trinajstić information content (AvgIpc) is 3.77. The zero-order valence-corrected chi connectivity index (χ0v) is 30.4. The van der Waals surface area contributed by atoms with Crippen molar-refractivity contribution in [2.75, 3.05) is 0 Å². The molecule has 0 amide bonds. The van der Waals surface area contributed by atoms with E-state index in [1.165, 1.54) is 97.7 Å². The molecular weight excluding hydrogens is 669 g/mol. The van der Waals surface area contributed by atoms with Gasteiger partial charge < -0.3 is 0 Å². The molecular formula is C53H34S. The van der Waals surface area contributed by atoms with Crippen molar-refractivity contribution in [2.24, 2.45) is 0 Å². The first-order valence-electron chi connectivity index (χ1n) is 18.7. The lowest BCUT2D eigenvalue weighted by atomic mass is 9.67. The summed E-state index contributed by atoms with van der Waals surface area (Å²) in [5, 5.41) is 6.40. The van der Waals surface area contributed by atoms with Crippen molar-refractivity contribution in [3.63, 3.8) is 0 Å². The molecule has 0 N–H and O–H groups in total. The molecule has 9 aromatic carbocycles. The molecule has 10 aromatic rings. The molecule has 0 unspecified atom stereocenters. The molecule has 0 nitrogen and oxygen atoms in total. The van der Waals surface area contributed by atoms with Gasteiger partial charge in [0.1, 0.15) is 0 Å². The smallest absolute Gasteiger partial charge is 0.0728 e. The first kappa shape index (κ1) is 31.0. The average molecular weight is 703 g/mol. The molecule has 0 bridgehead atoms. The summed E-state index contributed by atoms with van der Waals surface area (Å²) < 4.78 is 1.33. The minimum Gasteiger partial charge on any atom is -0.135 e. The minimum absolute atomic E-state index is 0.477. The maximum absolute atomic E-state index is 2.53. The molecule has 0 aliphatic heterocycles. The quantitative estimate of drug-likeness (QED) is 0.157. The van der Waals surface area contributed by atoms with Crippen LogP contribution in [0.25, 0.3) is 75.5 Å². The van der Waals surface area contributed by atoms with E-state index in [0.29, 0.717) is 0 Å². The Morgan fingerprint density at radius 1 is 0.333 bits per heavy atom. The fourth-order valence-corrected chi connectivity index (χ4v) is 10.6. The first-order valence-corrected chi connectivity index (χ1v) is 19.5. The van der Waals surface area contributed by atoms with Crippen molar-refractivity contribution >= 4 is 43.0 Å². The zero-order valence-electron chi connectivity index (χ0n) is 29.5. The van der Waals surface area contributed by atoms with Gasteiger partial charge >= 0.3 is 0 Å². The standard InChI is InChI=1S/C53H34S/c1-4-16-35(17-5-1)36-28-30-37(31-29-36)49-41-22-10-12-24-43(41)50(44-25-13-11-23-42(44)49)38-32-33-45-47(34-38)53(39-18-6-2-7-19-39,40-20-8-3-9-21-40)51-46-26-14-15-27-48(46)54-52(45)51/h1-34H. The number of rotatable bonds is 5. The molecule has 1 aliphatic carbocycles. The van der Waals surface area contributed by atoms with E-state index in [0.717, 1.165) is 0 Å². The molecule has 11 rings (SSSR count). The molecule has 0 radical (unpaired) electrons. The predicted molar refractivity (Wildman–Crippen MR) is 230 cm³/mol. The van der Waals surface area contributed by atoms with E-state index in [9.17, 15) is 0 Å². The maximum Gasteiger partial charge on any atom is 0.0728 e. The van der Waals surface area contributed by atoms with Gasteiger partial charge in [0.2, 0.25) is 0 Å². The summed E-state index contributed by atoms with van der Waals surface area (Å²) in [6.07, 6.45) is 0. The summed E-state index contributed by atoms with van der Waals surface area (Å²) in [7, 11) is 0. The summed E-state index contributed by atoms with van der Waals surface area (Å²) >= 11 is 1.93. The Labute approximate surface area is 319 Å². The highest BCUT2D eigenvalue weighted by Gasteiger charge is 2.48. The molecule has 54 heavy (non-hydrogen) atoms. The maximum atomic E-state index is 2.53. The minimum atomic E-state index is -0.477. The second kappa shape index (κ2) is 12.3. The van der Waals surface area contributed by atoms with Gasteiger partial charge in [0, 0.05) is 9.58 Å². The highest BCUT2D eigenvalue weighted by Crippen LogP contribution is 2.61. The van der Waals surface area contributed by atoms with Crippen LogP contribution in [-0.4, -0.2) is 0 Å². The lowest BCUT2D eigenvalue weighted by Gasteiger charge is -2.34. The number of hydrogen-bond donors (Lipinski definition) is 0. The van der Waals surface area contributed by atoms with Gasteiger partial charge in [0.15, 0.2) is 0 Å². The van der Waals surface area contributed by atoms with Gasteiger partial charge in [-0.25, -0.2) is 0 Å². The molecule has 1 aliphatic rings. The fraction of sp³-hybridized carbons (Fsp3) is 0.0189. The van der Waals surface area contributed by atoms with Crippen LogP contribution in [0.15, 0.2) is 206 Å². The second-order valence-corrected chi connectivity index (χ2v) is 15.4. The van der Waals surface area contributed by atoms with E-state index in [2.05, 4.69) is 206 Å². The number of thiophene rings is 1. The monoisotopic (exact) mass is 702 g/mol. The second-order valence-electron chi connectivity index (χ2n) is 14.3. The summed E-state index contributed by atoms with van der Waals surface area (Å²) in [5.41, 5.74) is 13.7. The van der Waals surface area contributed by atoms with Gasteiger partial charge in [-0.1, -0.05) is 194 Å². The van der Waals surface area contributed by atoms with Gasteiger partial charge in [-0.2, -0.15) is 0 Å². The SMILES string of the molecule is c1ccc(-c2ccc(-c3c4ccccc4c(-c4ccc5c(c4)C(c4ccccc4)(c4ccccc4)c4c-5sc5ccccc45)c4ccccc34)cc2)cc1. The molecule has 0 saturated heterocycles. The molecule has 0 atom stereocenters. The largest absolute Gasteiger partial charge is 0.135 e. The predicted octanol–water partition coefficient (Wildman–Crippen LogP) is 14.6.